The lowest BCUT2D eigenvalue weighted by Crippen LogP contribution is -2.50. The van der Waals surface area contributed by atoms with Crippen LogP contribution in [0.25, 0.3) is 16.6 Å². The third-order valence-corrected chi connectivity index (χ3v) is 6.80. The third-order valence-electron chi connectivity index (χ3n) is 5.36. The van der Waals surface area contributed by atoms with Crippen molar-refractivity contribution in [1.82, 2.24) is 9.29 Å². The predicted molar refractivity (Wildman–Crippen MR) is 108 cm³/mol. The summed E-state index contributed by atoms with van der Waals surface area (Å²) in [6.07, 6.45) is -3.33. The molecule has 0 saturated carbocycles. The molecule has 2 N–H and O–H groups in total. The van der Waals surface area contributed by atoms with Gasteiger partial charge in [-0.1, -0.05) is 6.07 Å². The van der Waals surface area contributed by atoms with Gasteiger partial charge in [-0.2, -0.15) is 13.2 Å². The molecule has 1 saturated heterocycles. The highest BCUT2D eigenvalue weighted by Gasteiger charge is 2.33. The Kier molecular flexibility index (Phi) is 4.97. The first kappa shape index (κ1) is 21.2. The van der Waals surface area contributed by atoms with Crippen molar-refractivity contribution in [1.29, 1.82) is 0 Å². The highest BCUT2D eigenvalue weighted by atomic mass is 32.2. The summed E-state index contributed by atoms with van der Waals surface area (Å²) in [6, 6.07) is 9.93. The number of aliphatic carboxylic acids is 1. The first-order valence-electron chi connectivity index (χ1n) is 9.25. The topological polar surface area (TPSA) is 91.6 Å². The van der Waals surface area contributed by atoms with Crippen LogP contribution in [-0.4, -0.2) is 44.2 Å². The standard InChI is InChI=1S/C20H18F3N3O4S/c1-24-31(29,30)18-11-26(17-6-5-13(7-16(17)18)20(21,22)23)15-4-2-3-14(8-15)25-9-12(10-25)19(27)28/h2-8,11-12,24H,9-10H2,1H3,(H,27,28). The van der Waals surface area contributed by atoms with Crippen LogP contribution in [0.1, 0.15) is 5.56 Å². The Hall–Kier alpha value is -3.05. The fraction of sp³-hybridized carbons (Fsp3) is 0.250. The highest BCUT2D eigenvalue weighted by molar-refractivity contribution is 7.89. The first-order chi connectivity index (χ1) is 14.5. The molecule has 4 rings (SSSR count). The number of carbonyl (C=O) groups is 1. The molecule has 2 aromatic carbocycles. The number of aromatic nitrogens is 1. The van der Waals surface area contributed by atoms with E-state index in [1.807, 2.05) is 4.90 Å². The van der Waals surface area contributed by atoms with Crippen molar-refractivity contribution in [3.63, 3.8) is 0 Å². The van der Waals surface area contributed by atoms with Gasteiger partial charge in [-0.25, -0.2) is 13.1 Å². The average molecular weight is 453 g/mol. The van der Waals surface area contributed by atoms with Crippen molar-refractivity contribution >= 4 is 32.6 Å². The zero-order valence-corrected chi connectivity index (χ0v) is 17.0. The number of benzene rings is 2. The third kappa shape index (κ3) is 3.74. The summed E-state index contributed by atoms with van der Waals surface area (Å²) in [7, 11) is -2.83. The van der Waals surface area contributed by atoms with Crippen molar-refractivity contribution in [2.75, 3.05) is 25.0 Å². The number of carboxylic acid groups (broad SMARTS) is 1. The smallest absolute Gasteiger partial charge is 0.416 e. The molecule has 0 atom stereocenters. The van der Waals surface area contributed by atoms with Crippen molar-refractivity contribution < 1.29 is 31.5 Å². The normalized spacial score (nSPS) is 15.3. The zero-order valence-electron chi connectivity index (χ0n) is 16.2. The van der Waals surface area contributed by atoms with Crippen LogP contribution in [-0.2, 0) is 21.0 Å². The second-order valence-corrected chi connectivity index (χ2v) is 9.12. The van der Waals surface area contributed by atoms with Gasteiger partial charge in [-0.15, -0.1) is 0 Å². The van der Waals surface area contributed by atoms with Gasteiger partial charge in [0.1, 0.15) is 4.90 Å². The zero-order chi connectivity index (χ0) is 22.6. The molecule has 0 radical (unpaired) electrons. The highest BCUT2D eigenvalue weighted by Crippen LogP contribution is 2.36. The molecule has 0 spiro atoms. The fourth-order valence-corrected chi connectivity index (χ4v) is 4.52. The van der Waals surface area contributed by atoms with Crippen LogP contribution < -0.4 is 9.62 Å². The minimum absolute atomic E-state index is 0.0514. The van der Waals surface area contributed by atoms with Gasteiger partial charge in [0.25, 0.3) is 0 Å². The molecule has 1 aliphatic rings. The average Bonchev–Trinajstić information content (AvgIpc) is 3.06. The van der Waals surface area contributed by atoms with E-state index >= 15 is 0 Å². The first-order valence-corrected chi connectivity index (χ1v) is 10.7. The van der Waals surface area contributed by atoms with Crippen LogP contribution in [0.5, 0.6) is 0 Å². The molecule has 7 nitrogen and oxygen atoms in total. The summed E-state index contributed by atoms with van der Waals surface area (Å²) in [5, 5.41) is 9.01. The summed E-state index contributed by atoms with van der Waals surface area (Å²) >= 11 is 0. The molecule has 1 fully saturated rings. The molecule has 0 unspecified atom stereocenters. The maximum absolute atomic E-state index is 13.2. The van der Waals surface area contributed by atoms with Crippen molar-refractivity contribution in [3.05, 3.63) is 54.2 Å². The number of halogens is 3. The maximum atomic E-state index is 13.2. The van der Waals surface area contributed by atoms with E-state index in [-0.39, 0.29) is 10.3 Å². The molecule has 1 aliphatic heterocycles. The van der Waals surface area contributed by atoms with Gasteiger partial charge >= 0.3 is 12.1 Å². The number of alkyl halides is 3. The van der Waals surface area contributed by atoms with Crippen LogP contribution >= 0.6 is 0 Å². The van der Waals surface area contributed by atoms with Gasteiger partial charge in [0.05, 0.1) is 17.0 Å². The Labute approximate surface area is 175 Å². The Morgan fingerprint density at radius 3 is 2.42 bits per heavy atom. The Morgan fingerprint density at radius 1 is 1.13 bits per heavy atom. The van der Waals surface area contributed by atoms with E-state index in [1.165, 1.54) is 23.9 Å². The number of carboxylic acids is 1. The summed E-state index contributed by atoms with van der Waals surface area (Å²) in [5.41, 5.74) is 0.630. The molecule has 0 bridgehead atoms. The maximum Gasteiger partial charge on any atom is 0.416 e. The number of nitrogens with zero attached hydrogens (tertiary/aromatic N) is 2. The lowest BCUT2D eigenvalue weighted by atomic mass is 9.99. The van der Waals surface area contributed by atoms with Gasteiger partial charge in [0.15, 0.2) is 0 Å². The minimum atomic E-state index is -4.62. The van der Waals surface area contributed by atoms with E-state index < -0.39 is 33.7 Å². The van der Waals surface area contributed by atoms with Gasteiger partial charge in [0, 0.05) is 36.0 Å². The number of fused-ring (bicyclic) bond motifs is 1. The van der Waals surface area contributed by atoms with E-state index in [1.54, 1.807) is 24.3 Å². The summed E-state index contributed by atoms with van der Waals surface area (Å²) in [6.45, 7) is 0.694. The minimum Gasteiger partial charge on any atom is -0.481 e. The van der Waals surface area contributed by atoms with Crippen molar-refractivity contribution in [2.24, 2.45) is 5.92 Å². The number of hydrogen-bond donors (Lipinski definition) is 2. The van der Waals surface area contributed by atoms with Crippen LogP contribution in [0, 0.1) is 5.92 Å². The van der Waals surface area contributed by atoms with Crippen LogP contribution in [0.4, 0.5) is 18.9 Å². The molecule has 3 aromatic rings. The number of nitrogens with one attached hydrogen (secondary N) is 1. The van der Waals surface area contributed by atoms with E-state index in [2.05, 4.69) is 4.72 Å². The summed E-state index contributed by atoms with van der Waals surface area (Å²) in [4.78, 5) is 12.6. The summed E-state index contributed by atoms with van der Waals surface area (Å²) in [5.74, 6) is -1.32. The molecular formula is C20H18F3N3O4S. The van der Waals surface area contributed by atoms with Crippen molar-refractivity contribution in [3.8, 4) is 5.69 Å². The molecule has 1 aromatic heterocycles. The molecule has 0 aliphatic carbocycles. The molecule has 31 heavy (non-hydrogen) atoms. The van der Waals surface area contributed by atoms with Crippen LogP contribution in [0.15, 0.2) is 53.6 Å². The van der Waals surface area contributed by atoms with E-state index in [0.29, 0.717) is 24.3 Å². The Balaban J connectivity index is 1.83. The monoisotopic (exact) mass is 453 g/mol. The Morgan fingerprint density at radius 2 is 1.81 bits per heavy atom. The molecule has 0 amide bonds. The lowest BCUT2D eigenvalue weighted by molar-refractivity contribution is -0.142. The molecular weight excluding hydrogens is 435 g/mol. The van der Waals surface area contributed by atoms with E-state index in [4.69, 9.17) is 5.11 Å². The van der Waals surface area contributed by atoms with Crippen LogP contribution in [0.2, 0.25) is 0 Å². The number of hydrogen-bond acceptors (Lipinski definition) is 4. The van der Waals surface area contributed by atoms with E-state index in [0.717, 1.165) is 17.8 Å². The number of sulfonamides is 1. The van der Waals surface area contributed by atoms with Gasteiger partial charge < -0.3 is 14.6 Å². The fourth-order valence-electron chi connectivity index (χ4n) is 3.60. The SMILES string of the molecule is CNS(=O)(=O)c1cn(-c2cccc(N3CC(C(=O)O)C3)c2)c2ccc(C(F)(F)F)cc12. The van der Waals surface area contributed by atoms with Gasteiger partial charge in [-0.05, 0) is 43.4 Å². The summed E-state index contributed by atoms with van der Waals surface area (Å²) < 4.78 is 68.3. The van der Waals surface area contributed by atoms with Crippen LogP contribution in [0.3, 0.4) is 0 Å². The number of anilines is 1. The van der Waals surface area contributed by atoms with E-state index in [9.17, 15) is 26.4 Å². The molecule has 11 heteroatoms. The van der Waals surface area contributed by atoms with Gasteiger partial charge in [-0.3, -0.25) is 4.79 Å². The quantitative estimate of drug-likeness (QED) is 0.620. The van der Waals surface area contributed by atoms with Crippen molar-refractivity contribution in [2.45, 2.75) is 11.1 Å². The predicted octanol–water partition coefficient (Wildman–Crippen LogP) is 3.08. The second kappa shape index (κ2) is 7.27. The second-order valence-electron chi connectivity index (χ2n) is 7.26. The Bertz CT molecular complexity index is 1280. The van der Waals surface area contributed by atoms with Gasteiger partial charge in [0.2, 0.25) is 10.0 Å². The number of rotatable bonds is 5. The molecule has 2 heterocycles. The largest absolute Gasteiger partial charge is 0.481 e. The lowest BCUT2D eigenvalue weighted by Gasteiger charge is -2.38. The molecule has 164 valence electrons.